The van der Waals surface area contributed by atoms with Crippen LogP contribution >= 0.6 is 27.7 Å². The first-order chi connectivity index (χ1) is 15.8. The molecule has 0 fully saturated rings. The average molecular weight is 542 g/mol. The van der Waals surface area contributed by atoms with Crippen LogP contribution in [-0.4, -0.2) is 30.0 Å². The number of imidazole rings is 1. The Morgan fingerprint density at radius 2 is 1.67 bits per heavy atom. The molecule has 9 heteroatoms. The van der Waals surface area contributed by atoms with Gasteiger partial charge in [-0.25, -0.2) is 13.4 Å². The summed E-state index contributed by atoms with van der Waals surface area (Å²) in [7, 11) is -3.85. The van der Waals surface area contributed by atoms with E-state index in [-0.39, 0.29) is 26.6 Å². The first-order valence-electron chi connectivity index (χ1n) is 9.98. The van der Waals surface area contributed by atoms with E-state index in [1.54, 1.807) is 30.3 Å². The Balaban J connectivity index is 1.63. The molecule has 4 rings (SSSR count). The molecular formula is C24H20BrN3O3S2. The van der Waals surface area contributed by atoms with Gasteiger partial charge in [0.2, 0.25) is 15.7 Å². The van der Waals surface area contributed by atoms with E-state index in [4.69, 9.17) is 0 Å². The van der Waals surface area contributed by atoms with Gasteiger partial charge in [-0.2, -0.15) is 0 Å². The second-order valence-corrected chi connectivity index (χ2v) is 11.0. The van der Waals surface area contributed by atoms with Crippen LogP contribution < -0.4 is 5.32 Å². The van der Waals surface area contributed by atoms with Crippen molar-refractivity contribution in [3.05, 3.63) is 88.9 Å². The molecule has 0 saturated heterocycles. The summed E-state index contributed by atoms with van der Waals surface area (Å²) >= 11 is 4.43. The predicted octanol–water partition coefficient (Wildman–Crippen LogP) is 5.71. The molecule has 168 valence electrons. The summed E-state index contributed by atoms with van der Waals surface area (Å²) < 4.78 is 27.6. The first-order valence-corrected chi connectivity index (χ1v) is 13.2. The fourth-order valence-corrected chi connectivity index (χ4v) is 5.76. The van der Waals surface area contributed by atoms with Crippen molar-refractivity contribution < 1.29 is 13.2 Å². The highest BCUT2D eigenvalue weighted by Gasteiger charge is 2.26. The summed E-state index contributed by atoms with van der Waals surface area (Å²) in [5.74, 6) is 0.177. The molecule has 0 saturated carbocycles. The number of rotatable bonds is 7. The maximum atomic E-state index is 13.3. The quantitative estimate of drug-likeness (QED) is 0.292. The Morgan fingerprint density at radius 3 is 2.33 bits per heavy atom. The molecule has 1 heterocycles. The van der Waals surface area contributed by atoms with Crippen LogP contribution in [-0.2, 0) is 14.6 Å². The summed E-state index contributed by atoms with van der Waals surface area (Å²) in [6.07, 6.45) is 0. The lowest BCUT2D eigenvalue weighted by Crippen LogP contribution is -2.14. The van der Waals surface area contributed by atoms with Gasteiger partial charge in [-0.15, -0.1) is 0 Å². The largest absolute Gasteiger partial charge is 0.328 e. The van der Waals surface area contributed by atoms with Gasteiger partial charge in [0.25, 0.3) is 0 Å². The van der Waals surface area contributed by atoms with E-state index in [0.29, 0.717) is 11.5 Å². The van der Waals surface area contributed by atoms with Gasteiger partial charge in [-0.05, 0) is 43.3 Å². The normalized spacial score (nSPS) is 11.3. The van der Waals surface area contributed by atoms with Crippen LogP contribution in [0, 0.1) is 6.92 Å². The van der Waals surface area contributed by atoms with Gasteiger partial charge in [0, 0.05) is 15.7 Å². The van der Waals surface area contributed by atoms with Crippen LogP contribution in [0.2, 0.25) is 0 Å². The van der Waals surface area contributed by atoms with E-state index in [2.05, 4.69) is 31.2 Å². The number of nitrogens with zero attached hydrogens (tertiary/aromatic N) is 1. The molecule has 3 aromatic carbocycles. The average Bonchev–Trinajstić information content (AvgIpc) is 3.25. The fourth-order valence-electron chi connectivity index (χ4n) is 3.05. The van der Waals surface area contributed by atoms with Crippen molar-refractivity contribution in [3.8, 4) is 11.4 Å². The van der Waals surface area contributed by atoms with Crippen molar-refractivity contribution >= 4 is 49.1 Å². The summed E-state index contributed by atoms with van der Waals surface area (Å²) in [4.78, 5) is 20.2. The minimum absolute atomic E-state index is 0.00552. The molecule has 1 aromatic heterocycles. The molecule has 0 bridgehead atoms. The van der Waals surface area contributed by atoms with Gasteiger partial charge in [0.05, 0.1) is 10.6 Å². The Bertz CT molecular complexity index is 1370. The molecule has 0 spiro atoms. The molecule has 2 N–H and O–H groups in total. The zero-order valence-corrected chi connectivity index (χ0v) is 20.8. The number of aromatic amines is 1. The number of anilines is 1. The number of carbonyl (C=O) groups excluding carboxylic acids is 1. The molecule has 0 atom stereocenters. The Kier molecular flexibility index (Phi) is 7.02. The van der Waals surface area contributed by atoms with Crippen LogP contribution in [0.15, 0.2) is 98.3 Å². The third-order valence-corrected chi connectivity index (χ3v) is 8.11. The summed E-state index contributed by atoms with van der Waals surface area (Å²) in [5, 5.41) is 3.03. The van der Waals surface area contributed by atoms with Crippen molar-refractivity contribution in [1.29, 1.82) is 0 Å². The molecule has 4 aromatic rings. The number of aryl methyl sites for hydroxylation is 1. The third kappa shape index (κ3) is 5.55. The highest BCUT2D eigenvalue weighted by atomic mass is 79.9. The molecule has 0 aliphatic carbocycles. The van der Waals surface area contributed by atoms with Gasteiger partial charge in [-0.3, -0.25) is 4.79 Å². The number of sulfone groups is 1. The van der Waals surface area contributed by atoms with Crippen molar-refractivity contribution in [2.45, 2.75) is 21.9 Å². The monoisotopic (exact) mass is 541 g/mol. The molecule has 0 unspecified atom stereocenters. The molecule has 1 amide bonds. The number of amides is 1. The van der Waals surface area contributed by atoms with Crippen LogP contribution in [0.5, 0.6) is 0 Å². The zero-order chi connectivity index (χ0) is 23.4. The summed E-state index contributed by atoms with van der Waals surface area (Å²) in [5.41, 5.74) is 2.50. The highest BCUT2D eigenvalue weighted by molar-refractivity contribution is 9.10. The number of thioether (sulfide) groups is 1. The van der Waals surface area contributed by atoms with E-state index >= 15 is 0 Å². The molecule has 33 heavy (non-hydrogen) atoms. The lowest BCUT2D eigenvalue weighted by Gasteiger charge is -2.06. The summed E-state index contributed by atoms with van der Waals surface area (Å²) in [6, 6.07) is 23.0. The minimum atomic E-state index is -3.85. The zero-order valence-electron chi connectivity index (χ0n) is 17.6. The number of H-pyrrole nitrogens is 1. The first kappa shape index (κ1) is 23.3. The Labute approximate surface area is 204 Å². The van der Waals surface area contributed by atoms with Gasteiger partial charge in [0.15, 0.2) is 5.03 Å². The lowest BCUT2D eigenvalue weighted by atomic mass is 10.1. The number of carbonyl (C=O) groups is 1. The van der Waals surface area contributed by atoms with E-state index < -0.39 is 9.84 Å². The molecule has 6 nitrogen and oxygen atoms in total. The smallest absolute Gasteiger partial charge is 0.234 e. The van der Waals surface area contributed by atoms with E-state index in [1.165, 1.54) is 12.1 Å². The van der Waals surface area contributed by atoms with Gasteiger partial charge in [-0.1, -0.05) is 75.7 Å². The van der Waals surface area contributed by atoms with Crippen LogP contribution in [0.3, 0.4) is 0 Å². The lowest BCUT2D eigenvalue weighted by molar-refractivity contribution is -0.113. The number of hydrogen-bond acceptors (Lipinski definition) is 5. The predicted molar refractivity (Wildman–Crippen MR) is 134 cm³/mol. The van der Waals surface area contributed by atoms with Gasteiger partial charge < -0.3 is 10.3 Å². The van der Waals surface area contributed by atoms with Crippen LogP contribution in [0.1, 0.15) is 5.56 Å². The topological polar surface area (TPSA) is 91.9 Å². The molecule has 0 aliphatic rings. The van der Waals surface area contributed by atoms with Crippen molar-refractivity contribution in [2.75, 3.05) is 11.1 Å². The highest BCUT2D eigenvalue weighted by Crippen LogP contribution is 2.32. The van der Waals surface area contributed by atoms with Crippen LogP contribution in [0.25, 0.3) is 11.4 Å². The standard InChI is InChI=1S/C24H20BrN3O3S2/c1-16-7-9-17(10-8-16)22-27-23(24(28-22)33(30,31)20-5-3-2-4-6-20)32-15-21(29)26-19-13-11-18(25)12-14-19/h2-14H,15H2,1H3,(H,26,29)(H,27,28). The second-order valence-electron chi connectivity index (χ2n) is 7.25. The maximum absolute atomic E-state index is 13.3. The van der Waals surface area contributed by atoms with Crippen molar-refractivity contribution in [3.63, 3.8) is 0 Å². The van der Waals surface area contributed by atoms with E-state index in [0.717, 1.165) is 27.4 Å². The minimum Gasteiger partial charge on any atom is -0.328 e. The number of nitrogens with one attached hydrogen (secondary N) is 2. The van der Waals surface area contributed by atoms with E-state index in [9.17, 15) is 13.2 Å². The fraction of sp³-hybridized carbons (Fsp3) is 0.0833. The number of aromatic nitrogens is 2. The Hall–Kier alpha value is -2.88. The summed E-state index contributed by atoms with van der Waals surface area (Å²) in [6.45, 7) is 1.97. The third-order valence-electron chi connectivity index (χ3n) is 4.75. The SMILES string of the molecule is Cc1ccc(-c2nc(SCC(=O)Nc3ccc(Br)cc3)c(S(=O)(=O)c3ccccc3)[nH]2)cc1. The molecule has 0 aliphatic heterocycles. The van der Waals surface area contributed by atoms with Gasteiger partial charge >= 0.3 is 0 Å². The Morgan fingerprint density at radius 1 is 1.00 bits per heavy atom. The van der Waals surface area contributed by atoms with Gasteiger partial charge in [0.1, 0.15) is 10.9 Å². The van der Waals surface area contributed by atoms with E-state index in [1.807, 2.05) is 43.3 Å². The number of halogens is 1. The molecule has 0 radical (unpaired) electrons. The maximum Gasteiger partial charge on any atom is 0.234 e. The second kappa shape index (κ2) is 9.94. The number of benzene rings is 3. The number of hydrogen-bond donors (Lipinski definition) is 2. The molecular weight excluding hydrogens is 522 g/mol. The van der Waals surface area contributed by atoms with Crippen molar-refractivity contribution in [2.24, 2.45) is 0 Å². The van der Waals surface area contributed by atoms with Crippen LogP contribution in [0.4, 0.5) is 5.69 Å². The van der Waals surface area contributed by atoms with Crippen molar-refractivity contribution in [1.82, 2.24) is 9.97 Å².